The van der Waals surface area contributed by atoms with Crippen LogP contribution in [-0.4, -0.2) is 47.9 Å². The van der Waals surface area contributed by atoms with E-state index in [9.17, 15) is 9.59 Å². The minimum atomic E-state index is -1.10. The Bertz CT molecular complexity index is 872. The first-order valence-electron chi connectivity index (χ1n) is 10.1. The summed E-state index contributed by atoms with van der Waals surface area (Å²) < 4.78 is 0. The van der Waals surface area contributed by atoms with Gasteiger partial charge in [0.15, 0.2) is 0 Å². The van der Waals surface area contributed by atoms with Gasteiger partial charge in [-0.3, -0.25) is 14.6 Å². The highest BCUT2D eigenvalue weighted by Crippen LogP contribution is 2.26. The monoisotopic (exact) mass is 394 g/mol. The first-order valence-corrected chi connectivity index (χ1v) is 10.1. The molecule has 0 aliphatic carbocycles. The van der Waals surface area contributed by atoms with E-state index in [-0.39, 0.29) is 11.8 Å². The molecule has 154 valence electrons. The zero-order valence-electron chi connectivity index (χ0n) is 17.7. The molecular formula is C23H30N4O2. The van der Waals surface area contributed by atoms with E-state index < -0.39 is 5.41 Å². The van der Waals surface area contributed by atoms with Gasteiger partial charge in [-0.2, -0.15) is 0 Å². The second-order valence-electron chi connectivity index (χ2n) is 8.16. The molecule has 0 atom stereocenters. The van der Waals surface area contributed by atoms with Crippen LogP contribution in [0, 0.1) is 19.3 Å². The van der Waals surface area contributed by atoms with Gasteiger partial charge in [0.25, 0.3) is 0 Å². The second kappa shape index (κ2) is 8.64. The number of benzene rings is 1. The third kappa shape index (κ3) is 4.58. The second-order valence-corrected chi connectivity index (χ2v) is 8.16. The van der Waals surface area contributed by atoms with Crippen molar-refractivity contribution in [1.82, 2.24) is 15.2 Å². The van der Waals surface area contributed by atoms with Gasteiger partial charge in [0.05, 0.1) is 0 Å². The molecule has 1 aromatic carbocycles. The van der Waals surface area contributed by atoms with Crippen LogP contribution in [0.3, 0.4) is 0 Å². The van der Waals surface area contributed by atoms with Crippen LogP contribution in [0.25, 0.3) is 0 Å². The molecule has 2 aromatic rings. The molecule has 0 saturated carbocycles. The number of aromatic nitrogens is 1. The summed E-state index contributed by atoms with van der Waals surface area (Å²) in [7, 11) is 0. The number of carbonyl (C=O) groups excluding carboxylic acids is 2. The summed E-state index contributed by atoms with van der Waals surface area (Å²) in [6.45, 7) is 10.8. The van der Waals surface area contributed by atoms with Crippen LogP contribution in [0.1, 0.15) is 30.5 Å². The Morgan fingerprint density at radius 1 is 1.03 bits per heavy atom. The van der Waals surface area contributed by atoms with Crippen LogP contribution in [0.15, 0.2) is 42.7 Å². The molecule has 1 fully saturated rings. The van der Waals surface area contributed by atoms with Gasteiger partial charge in [0, 0.05) is 50.8 Å². The standard InChI is InChI=1S/C23H30N4O2/c1-17-6-5-7-20(18(17)2)26-12-14-27(15-13-26)22(29)23(3,4)21(28)25-16-19-8-10-24-11-9-19/h5-11H,12-16H2,1-4H3,(H,25,28). The summed E-state index contributed by atoms with van der Waals surface area (Å²) in [5.41, 5.74) is 3.63. The number of carbonyl (C=O) groups is 2. The lowest BCUT2D eigenvalue weighted by Gasteiger charge is -2.39. The molecule has 2 heterocycles. The average molecular weight is 395 g/mol. The van der Waals surface area contributed by atoms with Gasteiger partial charge in [0.1, 0.15) is 5.41 Å². The molecule has 1 aliphatic rings. The molecule has 0 unspecified atom stereocenters. The van der Waals surface area contributed by atoms with E-state index in [0.717, 1.165) is 18.7 Å². The Kier molecular flexibility index (Phi) is 6.20. The molecule has 1 saturated heterocycles. The van der Waals surface area contributed by atoms with Gasteiger partial charge >= 0.3 is 0 Å². The molecule has 1 N–H and O–H groups in total. The van der Waals surface area contributed by atoms with Crippen molar-refractivity contribution >= 4 is 17.5 Å². The van der Waals surface area contributed by atoms with Crippen molar-refractivity contribution in [3.8, 4) is 0 Å². The fourth-order valence-electron chi connectivity index (χ4n) is 3.62. The zero-order chi connectivity index (χ0) is 21.0. The van der Waals surface area contributed by atoms with Crippen LogP contribution in [0.2, 0.25) is 0 Å². The highest BCUT2D eigenvalue weighted by Gasteiger charge is 2.40. The van der Waals surface area contributed by atoms with Crippen LogP contribution < -0.4 is 10.2 Å². The predicted molar refractivity (Wildman–Crippen MR) is 115 cm³/mol. The number of nitrogens with one attached hydrogen (secondary N) is 1. The lowest BCUT2D eigenvalue weighted by Crippen LogP contribution is -2.55. The van der Waals surface area contributed by atoms with Gasteiger partial charge in [-0.1, -0.05) is 12.1 Å². The molecule has 0 bridgehead atoms. The zero-order valence-corrected chi connectivity index (χ0v) is 17.7. The maximum absolute atomic E-state index is 13.1. The van der Waals surface area contributed by atoms with Crippen molar-refractivity contribution in [2.24, 2.45) is 5.41 Å². The Labute approximate surface area is 172 Å². The Morgan fingerprint density at radius 3 is 2.34 bits per heavy atom. The summed E-state index contributed by atoms with van der Waals surface area (Å²) in [5.74, 6) is -0.374. The third-order valence-electron chi connectivity index (χ3n) is 5.79. The quantitative estimate of drug-likeness (QED) is 0.792. The fraction of sp³-hybridized carbons (Fsp3) is 0.435. The molecule has 0 spiro atoms. The first-order chi connectivity index (χ1) is 13.8. The third-order valence-corrected chi connectivity index (χ3v) is 5.79. The number of hydrogen-bond donors (Lipinski definition) is 1. The highest BCUT2D eigenvalue weighted by atomic mass is 16.2. The van der Waals surface area contributed by atoms with Crippen LogP contribution in [-0.2, 0) is 16.1 Å². The molecule has 1 aromatic heterocycles. The number of amides is 2. The Morgan fingerprint density at radius 2 is 1.69 bits per heavy atom. The van der Waals surface area contributed by atoms with Crippen molar-refractivity contribution in [1.29, 1.82) is 0 Å². The van der Waals surface area contributed by atoms with Gasteiger partial charge in [-0.05, 0) is 62.6 Å². The fourth-order valence-corrected chi connectivity index (χ4v) is 3.62. The normalized spacial score (nSPS) is 14.6. The number of hydrogen-bond acceptors (Lipinski definition) is 4. The maximum Gasteiger partial charge on any atom is 0.237 e. The van der Waals surface area contributed by atoms with E-state index in [4.69, 9.17) is 0 Å². The van der Waals surface area contributed by atoms with Crippen molar-refractivity contribution in [3.63, 3.8) is 0 Å². The summed E-state index contributed by atoms with van der Waals surface area (Å²) in [6, 6.07) is 10.0. The lowest BCUT2D eigenvalue weighted by atomic mass is 9.89. The number of aryl methyl sites for hydroxylation is 1. The summed E-state index contributed by atoms with van der Waals surface area (Å²) >= 11 is 0. The molecule has 3 rings (SSSR count). The Hall–Kier alpha value is -2.89. The minimum Gasteiger partial charge on any atom is -0.368 e. The Balaban J connectivity index is 1.58. The summed E-state index contributed by atoms with van der Waals surface area (Å²) in [4.78, 5) is 33.9. The number of piperazine rings is 1. The van der Waals surface area contributed by atoms with Gasteiger partial charge in [-0.25, -0.2) is 0 Å². The van der Waals surface area contributed by atoms with Crippen molar-refractivity contribution in [3.05, 3.63) is 59.4 Å². The van der Waals surface area contributed by atoms with Crippen molar-refractivity contribution < 1.29 is 9.59 Å². The predicted octanol–water partition coefficient (Wildman–Crippen LogP) is 2.69. The van der Waals surface area contributed by atoms with E-state index in [2.05, 4.69) is 47.2 Å². The van der Waals surface area contributed by atoms with Crippen LogP contribution in [0.5, 0.6) is 0 Å². The number of pyridine rings is 1. The first kappa shape index (κ1) is 20.8. The SMILES string of the molecule is Cc1cccc(N2CCN(C(=O)C(C)(C)C(=O)NCc3ccncc3)CC2)c1C. The summed E-state index contributed by atoms with van der Waals surface area (Å²) in [6.07, 6.45) is 3.38. The van der Waals surface area contributed by atoms with E-state index in [1.165, 1.54) is 16.8 Å². The average Bonchev–Trinajstić information content (AvgIpc) is 2.74. The minimum absolute atomic E-state index is 0.120. The lowest BCUT2D eigenvalue weighted by molar-refractivity contribution is -0.148. The topological polar surface area (TPSA) is 65.5 Å². The molecule has 6 nitrogen and oxygen atoms in total. The van der Waals surface area contributed by atoms with Gasteiger partial charge in [0.2, 0.25) is 11.8 Å². The van der Waals surface area contributed by atoms with E-state index in [1.807, 2.05) is 17.0 Å². The maximum atomic E-state index is 13.1. The molecule has 2 amide bonds. The van der Waals surface area contributed by atoms with E-state index in [1.54, 1.807) is 26.2 Å². The highest BCUT2D eigenvalue weighted by molar-refractivity contribution is 6.04. The van der Waals surface area contributed by atoms with Crippen molar-refractivity contribution in [2.75, 3.05) is 31.1 Å². The largest absolute Gasteiger partial charge is 0.368 e. The van der Waals surface area contributed by atoms with Gasteiger partial charge in [-0.15, -0.1) is 0 Å². The van der Waals surface area contributed by atoms with E-state index in [0.29, 0.717) is 19.6 Å². The van der Waals surface area contributed by atoms with Crippen LogP contribution in [0.4, 0.5) is 5.69 Å². The van der Waals surface area contributed by atoms with Gasteiger partial charge < -0.3 is 15.1 Å². The molecule has 1 aliphatic heterocycles. The number of nitrogens with zero attached hydrogens (tertiary/aromatic N) is 3. The van der Waals surface area contributed by atoms with E-state index >= 15 is 0 Å². The molecule has 0 radical (unpaired) electrons. The summed E-state index contributed by atoms with van der Waals surface area (Å²) in [5, 5.41) is 2.88. The van der Waals surface area contributed by atoms with Crippen LogP contribution >= 0.6 is 0 Å². The molecule has 6 heteroatoms. The van der Waals surface area contributed by atoms with Crippen molar-refractivity contribution in [2.45, 2.75) is 34.2 Å². The number of rotatable bonds is 5. The molecule has 29 heavy (non-hydrogen) atoms. The number of anilines is 1. The molecular weight excluding hydrogens is 364 g/mol. The smallest absolute Gasteiger partial charge is 0.237 e.